The zero-order valence-corrected chi connectivity index (χ0v) is 23.6. The van der Waals surface area contributed by atoms with Crippen molar-refractivity contribution in [1.29, 1.82) is 0 Å². The van der Waals surface area contributed by atoms with Gasteiger partial charge in [0.25, 0.3) is 11.6 Å². The number of anilines is 2. The number of hydrogen-bond acceptors (Lipinski definition) is 9. The van der Waals surface area contributed by atoms with Crippen molar-refractivity contribution in [2.75, 3.05) is 49.8 Å². The van der Waals surface area contributed by atoms with Crippen LogP contribution in [0.1, 0.15) is 13.8 Å². The van der Waals surface area contributed by atoms with E-state index >= 15 is 0 Å². The van der Waals surface area contributed by atoms with Crippen molar-refractivity contribution < 1.29 is 19.2 Å². The summed E-state index contributed by atoms with van der Waals surface area (Å²) in [6, 6.07) is 18.9. The highest BCUT2D eigenvalue weighted by atomic mass is 35.5. The number of halogens is 1. The molecule has 1 atom stereocenters. The second-order valence-electron chi connectivity index (χ2n) is 9.61. The molecule has 1 saturated heterocycles. The number of nitrogens with zero attached hydrogens (tertiary/aromatic N) is 5. The number of carbonyl (C=O) groups excluding carboxylic acids is 1. The largest absolute Gasteiger partial charge is 0.492 e. The fraction of sp³-hybridized carbons (Fsp3) is 0.310. The summed E-state index contributed by atoms with van der Waals surface area (Å²) >= 11 is 5.92. The number of benzene rings is 3. The minimum atomic E-state index is -0.427. The van der Waals surface area contributed by atoms with Crippen LogP contribution in [-0.2, 0) is 4.79 Å². The van der Waals surface area contributed by atoms with Crippen LogP contribution in [0.2, 0.25) is 5.02 Å². The number of carbonyl (C=O) groups is 1. The third kappa shape index (κ3) is 6.36. The van der Waals surface area contributed by atoms with Gasteiger partial charge < -0.3 is 14.4 Å². The molecule has 3 aromatic rings. The molecule has 0 aliphatic carbocycles. The van der Waals surface area contributed by atoms with Crippen molar-refractivity contribution in [3.05, 3.63) is 81.9 Å². The predicted octanol–water partition coefficient (Wildman–Crippen LogP) is 5.14. The normalized spacial score (nSPS) is 15.8. The molecule has 5 rings (SSSR count). The molecule has 2 aliphatic rings. The van der Waals surface area contributed by atoms with Gasteiger partial charge >= 0.3 is 0 Å². The van der Waals surface area contributed by atoms with E-state index in [1.165, 1.54) is 12.1 Å². The summed E-state index contributed by atoms with van der Waals surface area (Å²) in [7, 11) is 0. The molecule has 0 saturated carbocycles. The number of hydrogen-bond donors (Lipinski definition) is 1. The van der Waals surface area contributed by atoms with E-state index < -0.39 is 4.92 Å². The first-order chi connectivity index (χ1) is 19.8. The standard InChI is InChI=1S/C29H31ClN6O5/c1-3-40-27-7-5-4-6-26(27)35-29(31-24-13-10-22(36(38)39)18-25(24)32-35)20(2)33-14-16-34(17-15-33)28(37)19-41-23-11-8-21(30)9-12-23/h4-13,18,20,32H,3,14-17,19H2,1-2H3. The lowest BCUT2D eigenvalue weighted by atomic mass is 10.1. The number of nitro groups is 1. The van der Waals surface area contributed by atoms with Gasteiger partial charge in [-0.25, -0.2) is 10.0 Å². The van der Waals surface area contributed by atoms with Gasteiger partial charge in [-0.1, -0.05) is 23.7 Å². The van der Waals surface area contributed by atoms with Crippen molar-refractivity contribution in [3.63, 3.8) is 0 Å². The van der Waals surface area contributed by atoms with Gasteiger partial charge in [-0.2, -0.15) is 0 Å². The first-order valence-corrected chi connectivity index (χ1v) is 13.8. The third-order valence-corrected chi connectivity index (χ3v) is 7.31. The number of amidine groups is 1. The lowest BCUT2D eigenvalue weighted by Crippen LogP contribution is -2.57. The van der Waals surface area contributed by atoms with E-state index in [-0.39, 0.29) is 24.2 Å². The minimum Gasteiger partial charge on any atom is -0.492 e. The predicted molar refractivity (Wildman–Crippen MR) is 158 cm³/mol. The zero-order valence-electron chi connectivity index (χ0n) is 22.8. The van der Waals surface area contributed by atoms with Gasteiger partial charge in [0.15, 0.2) is 6.61 Å². The highest BCUT2D eigenvalue weighted by molar-refractivity contribution is 6.30. The number of nitrogens with one attached hydrogen (secondary N) is 1. The van der Waals surface area contributed by atoms with Crippen molar-refractivity contribution in [3.8, 4) is 11.5 Å². The second-order valence-corrected chi connectivity index (χ2v) is 10.0. The number of hydrazine groups is 1. The Morgan fingerprint density at radius 3 is 2.51 bits per heavy atom. The number of nitro benzene ring substituents is 1. The molecule has 11 nitrogen and oxygen atoms in total. The zero-order chi connectivity index (χ0) is 28.9. The summed E-state index contributed by atoms with van der Waals surface area (Å²) in [6.45, 7) is 6.79. The Labute approximate surface area is 243 Å². The van der Waals surface area contributed by atoms with Gasteiger partial charge in [-0.15, -0.1) is 0 Å². The van der Waals surface area contributed by atoms with Gasteiger partial charge in [0, 0.05) is 43.3 Å². The number of aliphatic imine (C=N–C) groups is 1. The Kier molecular flexibility index (Phi) is 8.55. The molecule has 1 amide bonds. The minimum absolute atomic E-state index is 0.0261. The monoisotopic (exact) mass is 578 g/mol. The maximum atomic E-state index is 12.8. The Morgan fingerprint density at radius 1 is 1.07 bits per heavy atom. The molecular weight excluding hydrogens is 548 g/mol. The molecule has 1 fully saturated rings. The van der Waals surface area contributed by atoms with E-state index in [1.807, 2.05) is 36.2 Å². The number of amides is 1. The summed E-state index contributed by atoms with van der Waals surface area (Å²) < 4.78 is 11.5. The Balaban J connectivity index is 1.33. The molecular formula is C29H31ClN6O5. The van der Waals surface area contributed by atoms with E-state index in [9.17, 15) is 14.9 Å². The third-order valence-electron chi connectivity index (χ3n) is 7.06. The van der Waals surface area contributed by atoms with Crippen LogP contribution in [0.5, 0.6) is 11.5 Å². The number of non-ortho nitro benzene ring substituents is 1. The van der Waals surface area contributed by atoms with Crippen LogP contribution in [-0.4, -0.2) is 71.9 Å². The topological polar surface area (TPSA) is 113 Å². The van der Waals surface area contributed by atoms with Gasteiger partial charge in [0.05, 0.1) is 28.9 Å². The van der Waals surface area contributed by atoms with Gasteiger partial charge in [0.1, 0.15) is 23.0 Å². The maximum absolute atomic E-state index is 12.8. The van der Waals surface area contributed by atoms with Crippen LogP contribution in [0, 0.1) is 10.1 Å². The van der Waals surface area contributed by atoms with Crippen molar-refractivity contribution in [1.82, 2.24) is 9.80 Å². The van der Waals surface area contributed by atoms with Crippen molar-refractivity contribution >= 4 is 46.1 Å². The fourth-order valence-corrected chi connectivity index (χ4v) is 4.97. The molecule has 0 aromatic heterocycles. The van der Waals surface area contributed by atoms with E-state index in [1.54, 1.807) is 35.2 Å². The Bertz CT molecular complexity index is 1440. The number of ether oxygens (including phenoxy) is 2. The van der Waals surface area contributed by atoms with Gasteiger partial charge in [-0.3, -0.25) is 25.2 Å². The van der Waals surface area contributed by atoms with Gasteiger partial charge in [0.2, 0.25) is 0 Å². The van der Waals surface area contributed by atoms with E-state index in [0.29, 0.717) is 66.5 Å². The van der Waals surface area contributed by atoms with Crippen LogP contribution < -0.4 is 19.9 Å². The van der Waals surface area contributed by atoms with Crippen LogP contribution in [0.3, 0.4) is 0 Å². The molecule has 0 radical (unpaired) electrons. The molecule has 0 spiro atoms. The lowest BCUT2D eigenvalue weighted by Gasteiger charge is -2.42. The van der Waals surface area contributed by atoms with Gasteiger partial charge in [-0.05, 0) is 56.3 Å². The summed E-state index contributed by atoms with van der Waals surface area (Å²) in [4.78, 5) is 32.8. The van der Waals surface area contributed by atoms with E-state index in [2.05, 4.69) is 17.2 Å². The molecule has 2 heterocycles. The highest BCUT2D eigenvalue weighted by Gasteiger charge is 2.33. The van der Waals surface area contributed by atoms with Crippen LogP contribution >= 0.6 is 11.6 Å². The Morgan fingerprint density at radius 2 is 1.80 bits per heavy atom. The average Bonchev–Trinajstić information content (AvgIpc) is 3.00. The van der Waals surface area contributed by atoms with Crippen molar-refractivity contribution in [2.45, 2.75) is 19.9 Å². The fourth-order valence-electron chi connectivity index (χ4n) is 4.85. The number of fused-ring (bicyclic) bond motifs is 1. The maximum Gasteiger partial charge on any atom is 0.271 e. The number of piperazine rings is 1. The SMILES string of the molecule is CCOc1ccccc1N1Nc2cc([N+](=O)[O-])ccc2N=C1C(C)N1CCN(C(=O)COc2ccc(Cl)cc2)CC1. The molecule has 41 heavy (non-hydrogen) atoms. The van der Waals surface area contributed by atoms with Crippen molar-refractivity contribution in [2.24, 2.45) is 4.99 Å². The molecule has 1 N–H and O–H groups in total. The van der Waals surface area contributed by atoms with Crippen LogP contribution in [0.25, 0.3) is 0 Å². The molecule has 2 aliphatic heterocycles. The molecule has 0 bridgehead atoms. The summed E-state index contributed by atoms with van der Waals surface area (Å²) in [5.41, 5.74) is 5.19. The summed E-state index contributed by atoms with van der Waals surface area (Å²) in [6.07, 6.45) is 0. The van der Waals surface area contributed by atoms with Crippen LogP contribution in [0.15, 0.2) is 71.7 Å². The summed E-state index contributed by atoms with van der Waals surface area (Å²) in [5.74, 6) is 1.89. The molecule has 3 aromatic carbocycles. The first-order valence-electron chi connectivity index (χ1n) is 13.4. The van der Waals surface area contributed by atoms with E-state index in [4.69, 9.17) is 26.1 Å². The molecule has 1 unspecified atom stereocenters. The number of rotatable bonds is 9. The molecule has 12 heteroatoms. The number of para-hydroxylation sites is 2. The lowest BCUT2D eigenvalue weighted by molar-refractivity contribution is -0.384. The average molecular weight is 579 g/mol. The first kappa shape index (κ1) is 28.2. The Hall–Kier alpha value is -4.35. The highest BCUT2D eigenvalue weighted by Crippen LogP contribution is 2.38. The molecule has 214 valence electrons. The van der Waals surface area contributed by atoms with E-state index in [0.717, 1.165) is 5.69 Å². The quantitative estimate of drug-likeness (QED) is 0.274. The second kappa shape index (κ2) is 12.4. The smallest absolute Gasteiger partial charge is 0.271 e. The summed E-state index contributed by atoms with van der Waals surface area (Å²) in [5, 5.41) is 13.9. The van der Waals surface area contributed by atoms with Crippen LogP contribution in [0.4, 0.5) is 22.7 Å².